The van der Waals surface area contributed by atoms with Gasteiger partial charge in [0.15, 0.2) is 0 Å². The third-order valence-electron chi connectivity index (χ3n) is 7.69. The van der Waals surface area contributed by atoms with Gasteiger partial charge in [-0.3, -0.25) is 14.5 Å². The molecule has 2 saturated heterocycles. The fourth-order valence-corrected chi connectivity index (χ4v) is 5.32. The molecule has 1 atom stereocenters. The lowest BCUT2D eigenvalue weighted by molar-refractivity contribution is -0.143. The molecule has 1 aromatic rings. The molecule has 0 aromatic heterocycles. The third kappa shape index (κ3) is 7.62. The lowest BCUT2D eigenvalue weighted by Crippen LogP contribution is -2.51. The maximum atomic E-state index is 13.3. The fraction of sp³-hybridized carbons (Fsp3) is 0.692. The summed E-state index contributed by atoms with van der Waals surface area (Å²) in [4.78, 5) is 27.7. The molecule has 1 unspecified atom stereocenters. The number of likely N-dealkylation sites (tertiary alicyclic amines) is 1. The highest BCUT2D eigenvalue weighted by atomic mass is 19.4. The maximum Gasteiger partial charge on any atom is 0.416 e. The Hall–Kier alpha value is -2.34. The maximum absolute atomic E-state index is 13.3. The van der Waals surface area contributed by atoms with Crippen molar-refractivity contribution in [3.05, 3.63) is 34.9 Å². The van der Waals surface area contributed by atoms with E-state index in [2.05, 4.69) is 10.6 Å². The molecule has 3 fully saturated rings. The fourth-order valence-electron chi connectivity index (χ4n) is 5.32. The minimum atomic E-state index is -4.95. The average Bonchev–Trinajstić information content (AvgIpc) is 3.50. The zero-order valence-corrected chi connectivity index (χ0v) is 21.0. The molecule has 1 aliphatic carbocycles. The smallest absolute Gasteiger partial charge is 0.376 e. The van der Waals surface area contributed by atoms with Gasteiger partial charge in [-0.1, -0.05) is 12.8 Å². The van der Waals surface area contributed by atoms with Gasteiger partial charge in [-0.2, -0.15) is 26.3 Å². The highest BCUT2D eigenvalue weighted by molar-refractivity contribution is 5.83. The summed E-state index contributed by atoms with van der Waals surface area (Å²) in [6.45, 7) is 1.91. The van der Waals surface area contributed by atoms with Crippen LogP contribution in [0.5, 0.6) is 0 Å². The first-order valence-electron chi connectivity index (χ1n) is 13.0. The van der Waals surface area contributed by atoms with Crippen LogP contribution in [-0.4, -0.2) is 55.6 Å². The van der Waals surface area contributed by atoms with Gasteiger partial charge in [0.05, 0.1) is 29.2 Å². The number of carbonyl (C=O) groups excluding carboxylic acids is 2. The van der Waals surface area contributed by atoms with Gasteiger partial charge >= 0.3 is 12.4 Å². The second kappa shape index (κ2) is 11.4. The van der Waals surface area contributed by atoms with E-state index in [0.717, 1.165) is 25.7 Å². The molecule has 1 saturated carbocycles. The summed E-state index contributed by atoms with van der Waals surface area (Å²) in [7, 11) is 0. The number of nitrogens with one attached hydrogen (secondary N) is 2. The van der Waals surface area contributed by atoms with E-state index in [1.165, 1.54) is 0 Å². The SMILES string of the molecule is O=C(CN1CCC(CC2CC2)(C(=O)NCc2cc(C(F)(F)F)cc(C(F)(F)F)c2)CC1)NCC1CCCO1. The molecule has 1 aromatic carbocycles. The minimum absolute atomic E-state index is 0.0410. The Morgan fingerprint density at radius 1 is 0.947 bits per heavy atom. The van der Waals surface area contributed by atoms with Crippen LogP contribution >= 0.6 is 0 Å². The van der Waals surface area contributed by atoms with Crippen molar-refractivity contribution in [1.82, 2.24) is 15.5 Å². The second-order valence-electron chi connectivity index (χ2n) is 10.7. The number of nitrogens with zero attached hydrogens (tertiary/aromatic N) is 1. The number of amides is 2. The zero-order chi connectivity index (χ0) is 27.6. The molecule has 38 heavy (non-hydrogen) atoms. The van der Waals surface area contributed by atoms with Gasteiger partial charge in [-0.15, -0.1) is 0 Å². The van der Waals surface area contributed by atoms with E-state index in [1.807, 2.05) is 4.90 Å². The van der Waals surface area contributed by atoms with Crippen LogP contribution in [0, 0.1) is 11.3 Å². The molecule has 12 heteroatoms. The van der Waals surface area contributed by atoms with Crippen LogP contribution in [0.4, 0.5) is 26.3 Å². The van der Waals surface area contributed by atoms with E-state index in [1.54, 1.807) is 0 Å². The van der Waals surface area contributed by atoms with Crippen LogP contribution in [0.3, 0.4) is 0 Å². The summed E-state index contributed by atoms with van der Waals surface area (Å²) in [6, 6.07) is 1.36. The van der Waals surface area contributed by atoms with Crippen LogP contribution in [0.2, 0.25) is 0 Å². The van der Waals surface area contributed by atoms with E-state index < -0.39 is 35.4 Å². The molecule has 0 spiro atoms. The number of rotatable bonds is 9. The standard InChI is InChI=1S/C26H33F6N3O3/c27-25(28,29)19-10-18(11-20(12-19)26(30,31)32)14-34-23(37)24(13-17-3-4-17)5-7-35(8-6-24)16-22(36)33-15-21-2-1-9-38-21/h10-12,17,21H,1-9,13-16H2,(H,33,36)(H,34,37). The van der Waals surface area contributed by atoms with Gasteiger partial charge in [-0.05, 0) is 74.9 Å². The number of hydrogen-bond donors (Lipinski definition) is 2. The Morgan fingerprint density at radius 2 is 1.58 bits per heavy atom. The first kappa shape index (κ1) is 28.7. The van der Waals surface area contributed by atoms with Gasteiger partial charge in [0, 0.05) is 19.7 Å². The molecule has 212 valence electrons. The second-order valence-corrected chi connectivity index (χ2v) is 10.7. The van der Waals surface area contributed by atoms with Crippen molar-refractivity contribution in [2.75, 3.05) is 32.8 Å². The van der Waals surface area contributed by atoms with Crippen molar-refractivity contribution in [3.63, 3.8) is 0 Å². The van der Waals surface area contributed by atoms with E-state index in [0.29, 0.717) is 63.6 Å². The monoisotopic (exact) mass is 549 g/mol. The van der Waals surface area contributed by atoms with Crippen molar-refractivity contribution in [2.24, 2.45) is 11.3 Å². The third-order valence-corrected chi connectivity index (χ3v) is 7.69. The summed E-state index contributed by atoms with van der Waals surface area (Å²) in [6.07, 6.45) is -4.42. The van der Waals surface area contributed by atoms with Crippen LogP contribution in [0.1, 0.15) is 61.6 Å². The van der Waals surface area contributed by atoms with E-state index >= 15 is 0 Å². The summed E-state index contributed by atoms with van der Waals surface area (Å²) in [5.41, 5.74) is -3.84. The lowest BCUT2D eigenvalue weighted by Gasteiger charge is -2.40. The number of ether oxygens (including phenoxy) is 1. The van der Waals surface area contributed by atoms with Crippen molar-refractivity contribution in [2.45, 2.75) is 69.9 Å². The van der Waals surface area contributed by atoms with E-state index in [4.69, 9.17) is 4.74 Å². The van der Waals surface area contributed by atoms with Crippen LogP contribution in [0.25, 0.3) is 0 Å². The molecule has 3 aliphatic rings. The zero-order valence-electron chi connectivity index (χ0n) is 21.0. The van der Waals surface area contributed by atoms with E-state index in [-0.39, 0.29) is 36.1 Å². The first-order valence-corrected chi connectivity index (χ1v) is 13.0. The summed E-state index contributed by atoms with van der Waals surface area (Å²) < 4.78 is 84.7. The predicted molar refractivity (Wildman–Crippen MR) is 126 cm³/mol. The molecule has 0 bridgehead atoms. The predicted octanol–water partition coefficient (Wildman–Crippen LogP) is 4.52. The van der Waals surface area contributed by atoms with Gasteiger partial charge in [0.2, 0.25) is 11.8 Å². The Kier molecular flexibility index (Phi) is 8.61. The molecule has 6 nitrogen and oxygen atoms in total. The number of hydrogen-bond acceptors (Lipinski definition) is 4. The molecule has 4 rings (SSSR count). The minimum Gasteiger partial charge on any atom is -0.376 e. The highest BCUT2D eigenvalue weighted by Crippen LogP contribution is 2.46. The molecule has 2 aliphatic heterocycles. The van der Waals surface area contributed by atoms with Crippen LogP contribution in [0.15, 0.2) is 18.2 Å². The van der Waals surface area contributed by atoms with Gasteiger partial charge < -0.3 is 15.4 Å². The number of carbonyl (C=O) groups is 2. The van der Waals surface area contributed by atoms with Crippen molar-refractivity contribution < 1.29 is 40.7 Å². The molecule has 0 radical (unpaired) electrons. The van der Waals surface area contributed by atoms with Crippen LogP contribution in [-0.2, 0) is 33.2 Å². The molecule has 2 N–H and O–H groups in total. The van der Waals surface area contributed by atoms with Gasteiger partial charge in [0.25, 0.3) is 0 Å². The van der Waals surface area contributed by atoms with Crippen molar-refractivity contribution in [1.29, 1.82) is 0 Å². The Bertz CT molecular complexity index is 963. The summed E-state index contributed by atoms with van der Waals surface area (Å²) in [5, 5.41) is 5.50. The van der Waals surface area contributed by atoms with Crippen LogP contribution < -0.4 is 10.6 Å². The van der Waals surface area contributed by atoms with Gasteiger partial charge in [-0.25, -0.2) is 0 Å². The first-order chi connectivity index (χ1) is 17.8. The number of benzene rings is 1. The summed E-state index contributed by atoms with van der Waals surface area (Å²) >= 11 is 0. The lowest BCUT2D eigenvalue weighted by atomic mass is 9.73. The topological polar surface area (TPSA) is 70.7 Å². The number of alkyl halides is 6. The number of piperidine rings is 1. The van der Waals surface area contributed by atoms with Gasteiger partial charge in [0.1, 0.15) is 0 Å². The Morgan fingerprint density at radius 3 is 2.11 bits per heavy atom. The molecular weight excluding hydrogens is 516 g/mol. The van der Waals surface area contributed by atoms with Crippen molar-refractivity contribution >= 4 is 11.8 Å². The van der Waals surface area contributed by atoms with Crippen molar-refractivity contribution in [3.8, 4) is 0 Å². The molecule has 2 amide bonds. The Balaban J connectivity index is 1.36. The Labute approximate surface area is 217 Å². The largest absolute Gasteiger partial charge is 0.416 e. The molecule has 2 heterocycles. The normalized spacial score (nSPS) is 22.3. The highest BCUT2D eigenvalue weighted by Gasteiger charge is 2.45. The summed E-state index contributed by atoms with van der Waals surface area (Å²) in [5.74, 6) is -0.102. The molecular formula is C26H33F6N3O3. The van der Waals surface area contributed by atoms with E-state index in [9.17, 15) is 35.9 Å². The number of halogens is 6. The quantitative estimate of drug-likeness (QED) is 0.445. The average molecular weight is 550 g/mol.